The van der Waals surface area contributed by atoms with Gasteiger partial charge < -0.3 is 15.2 Å². The Morgan fingerprint density at radius 1 is 1.20 bits per heavy atom. The predicted molar refractivity (Wildman–Crippen MR) is 120 cm³/mol. The molecule has 0 bridgehead atoms. The number of carbonyl (C=O) groups is 1. The van der Waals surface area contributed by atoms with E-state index in [9.17, 15) is 9.90 Å². The van der Waals surface area contributed by atoms with Crippen molar-refractivity contribution in [3.05, 3.63) is 34.4 Å². The summed E-state index contributed by atoms with van der Waals surface area (Å²) in [6.07, 6.45) is 14.6. The van der Waals surface area contributed by atoms with Crippen molar-refractivity contribution in [2.45, 2.75) is 97.1 Å². The summed E-state index contributed by atoms with van der Waals surface area (Å²) >= 11 is 0. The summed E-state index contributed by atoms with van der Waals surface area (Å²) in [5.41, 5.74) is 5.73. The van der Waals surface area contributed by atoms with E-state index in [1.165, 1.54) is 43.3 Å². The minimum atomic E-state index is -0.402. The number of aliphatic hydroxyl groups is 1. The quantitative estimate of drug-likeness (QED) is 0.610. The molecule has 0 aliphatic heterocycles. The molecule has 4 aliphatic carbocycles. The van der Waals surface area contributed by atoms with E-state index >= 15 is 0 Å². The molecule has 0 radical (unpaired) electrons. The Bertz CT molecular complexity index is 756. The molecule has 3 atom stereocenters. The van der Waals surface area contributed by atoms with Crippen molar-refractivity contribution >= 4 is 6.09 Å². The first-order valence-corrected chi connectivity index (χ1v) is 12.1. The second-order valence-corrected chi connectivity index (χ2v) is 10.5. The van der Waals surface area contributed by atoms with Crippen LogP contribution in [0.3, 0.4) is 0 Å². The summed E-state index contributed by atoms with van der Waals surface area (Å²) in [5.74, 6) is 0.752. The molecule has 2 saturated carbocycles. The molecule has 3 unspecified atom stereocenters. The lowest BCUT2D eigenvalue weighted by molar-refractivity contribution is 0.0983. The zero-order valence-electron chi connectivity index (χ0n) is 19.0. The predicted octanol–water partition coefficient (Wildman–Crippen LogP) is 5.83. The van der Waals surface area contributed by atoms with Gasteiger partial charge in [0.25, 0.3) is 0 Å². The highest BCUT2D eigenvalue weighted by atomic mass is 16.5. The number of hydrogen-bond acceptors (Lipinski definition) is 3. The van der Waals surface area contributed by atoms with Crippen molar-refractivity contribution in [2.24, 2.45) is 17.3 Å². The third-order valence-electron chi connectivity index (χ3n) is 8.01. The molecule has 4 nitrogen and oxygen atoms in total. The average molecular weight is 414 g/mol. The Morgan fingerprint density at radius 2 is 1.97 bits per heavy atom. The molecule has 0 heterocycles. The minimum absolute atomic E-state index is 0.199. The van der Waals surface area contributed by atoms with Gasteiger partial charge in [-0.05, 0) is 73.0 Å². The smallest absolute Gasteiger partial charge is 0.407 e. The van der Waals surface area contributed by atoms with E-state index in [1.807, 2.05) is 0 Å². The normalized spacial score (nSPS) is 32.2. The summed E-state index contributed by atoms with van der Waals surface area (Å²) in [6.45, 7) is 7.27. The van der Waals surface area contributed by atoms with Crippen molar-refractivity contribution in [2.75, 3.05) is 6.61 Å². The van der Waals surface area contributed by atoms with Crippen LogP contribution < -0.4 is 5.32 Å². The fourth-order valence-corrected chi connectivity index (χ4v) is 6.24. The number of carbonyl (C=O) groups excluding carboxylic acids is 1. The van der Waals surface area contributed by atoms with Crippen LogP contribution in [0.25, 0.3) is 0 Å². The Kier molecular flexibility index (Phi) is 6.43. The van der Waals surface area contributed by atoms with Gasteiger partial charge >= 0.3 is 6.09 Å². The van der Waals surface area contributed by atoms with Gasteiger partial charge in [0.1, 0.15) is 6.61 Å². The van der Waals surface area contributed by atoms with E-state index < -0.39 is 6.10 Å². The maximum absolute atomic E-state index is 12.2. The molecule has 4 rings (SSSR count). The number of nitrogens with one attached hydrogen (secondary N) is 1. The molecular weight excluding hydrogens is 374 g/mol. The topological polar surface area (TPSA) is 58.6 Å². The maximum Gasteiger partial charge on any atom is 0.407 e. The molecule has 4 heteroatoms. The standard InChI is InChI=1S/C26H39NO3/c1-17(2)20-11-13-26(3)14-12-21-22(24(20)26)10-9-18(15-23(21)28)16-30-25(29)27-19-7-5-4-6-8-19/h9-10,17,19,21,23,28H,4-8,11-16H2,1-3H3,(H,27,29). The molecule has 0 aromatic rings. The van der Waals surface area contributed by atoms with Crippen LogP contribution in [0.4, 0.5) is 4.79 Å². The van der Waals surface area contributed by atoms with Crippen molar-refractivity contribution in [1.29, 1.82) is 0 Å². The van der Waals surface area contributed by atoms with Crippen molar-refractivity contribution < 1.29 is 14.6 Å². The number of fused-ring (bicyclic) bond motifs is 3. The van der Waals surface area contributed by atoms with Gasteiger partial charge in [-0.15, -0.1) is 0 Å². The van der Waals surface area contributed by atoms with Crippen LogP contribution in [0, 0.1) is 17.3 Å². The SMILES string of the molecule is CC(C)C1=C2C3=CC=C(COC(=O)NC4CCCCC4)CC(O)C3CCC2(C)CC1. The van der Waals surface area contributed by atoms with Crippen molar-refractivity contribution in [3.63, 3.8) is 0 Å². The molecule has 0 aromatic carbocycles. The van der Waals surface area contributed by atoms with Crippen LogP contribution in [0.2, 0.25) is 0 Å². The molecule has 0 saturated heterocycles. The summed E-state index contributed by atoms with van der Waals surface area (Å²) in [4.78, 5) is 12.2. The highest BCUT2D eigenvalue weighted by Gasteiger charge is 2.46. The van der Waals surface area contributed by atoms with E-state index in [-0.39, 0.29) is 30.1 Å². The Balaban J connectivity index is 1.47. The fourth-order valence-electron chi connectivity index (χ4n) is 6.24. The fraction of sp³-hybridized carbons (Fsp3) is 0.731. The van der Waals surface area contributed by atoms with E-state index in [0.717, 1.165) is 31.3 Å². The third kappa shape index (κ3) is 4.39. The molecule has 2 N–H and O–H groups in total. The first-order valence-electron chi connectivity index (χ1n) is 12.1. The lowest BCUT2D eigenvalue weighted by atomic mass is 9.64. The number of ether oxygens (including phenoxy) is 1. The molecule has 166 valence electrons. The molecule has 0 spiro atoms. The van der Waals surface area contributed by atoms with E-state index in [0.29, 0.717) is 12.3 Å². The summed E-state index contributed by atoms with van der Waals surface area (Å²) in [5, 5.41) is 14.1. The molecule has 4 aliphatic rings. The van der Waals surface area contributed by atoms with Gasteiger partial charge in [-0.1, -0.05) is 57.8 Å². The van der Waals surface area contributed by atoms with Gasteiger partial charge in [-0.3, -0.25) is 0 Å². The first kappa shape index (κ1) is 21.7. The molecule has 30 heavy (non-hydrogen) atoms. The Hall–Kier alpha value is -1.55. The van der Waals surface area contributed by atoms with Crippen LogP contribution in [0.15, 0.2) is 34.4 Å². The van der Waals surface area contributed by atoms with Crippen molar-refractivity contribution in [3.8, 4) is 0 Å². The number of amides is 1. The summed E-state index contributed by atoms with van der Waals surface area (Å²) < 4.78 is 5.54. The van der Waals surface area contributed by atoms with E-state index in [1.54, 1.807) is 5.57 Å². The number of alkyl carbamates (subject to hydrolysis) is 1. The van der Waals surface area contributed by atoms with Gasteiger partial charge in [-0.2, -0.15) is 0 Å². The Labute approximate surface area is 181 Å². The Morgan fingerprint density at radius 3 is 2.70 bits per heavy atom. The van der Waals surface area contributed by atoms with Gasteiger partial charge in [0.2, 0.25) is 0 Å². The number of aliphatic hydroxyl groups excluding tert-OH is 1. The van der Waals surface area contributed by atoms with Gasteiger partial charge in [0.05, 0.1) is 6.10 Å². The number of allylic oxidation sites excluding steroid dienone is 4. The third-order valence-corrected chi connectivity index (χ3v) is 8.01. The highest BCUT2D eigenvalue weighted by Crippen LogP contribution is 2.57. The van der Waals surface area contributed by atoms with E-state index in [2.05, 4.69) is 38.2 Å². The van der Waals surface area contributed by atoms with Crippen LogP contribution in [-0.2, 0) is 4.74 Å². The highest BCUT2D eigenvalue weighted by molar-refractivity contribution is 5.67. The van der Waals surface area contributed by atoms with Crippen LogP contribution >= 0.6 is 0 Å². The van der Waals surface area contributed by atoms with Crippen LogP contribution in [0.1, 0.15) is 85.0 Å². The molecule has 2 fully saturated rings. The van der Waals surface area contributed by atoms with E-state index in [4.69, 9.17) is 4.74 Å². The molecular formula is C26H39NO3. The lowest BCUT2D eigenvalue weighted by Gasteiger charge is -2.41. The van der Waals surface area contributed by atoms with Crippen LogP contribution in [-0.4, -0.2) is 30.0 Å². The van der Waals surface area contributed by atoms with Crippen molar-refractivity contribution in [1.82, 2.24) is 5.32 Å². The lowest BCUT2D eigenvalue weighted by Crippen LogP contribution is -2.37. The number of rotatable bonds is 4. The molecule has 0 aromatic heterocycles. The first-order chi connectivity index (χ1) is 14.4. The largest absolute Gasteiger partial charge is 0.445 e. The minimum Gasteiger partial charge on any atom is -0.445 e. The zero-order valence-corrected chi connectivity index (χ0v) is 19.0. The van der Waals surface area contributed by atoms with Gasteiger partial charge in [0, 0.05) is 12.0 Å². The summed E-state index contributed by atoms with van der Waals surface area (Å²) in [6, 6.07) is 0.256. The van der Waals surface area contributed by atoms with Gasteiger partial charge in [0.15, 0.2) is 0 Å². The number of hydrogen-bond donors (Lipinski definition) is 2. The van der Waals surface area contributed by atoms with Crippen LogP contribution in [0.5, 0.6) is 0 Å². The second-order valence-electron chi connectivity index (χ2n) is 10.5. The summed E-state index contributed by atoms with van der Waals surface area (Å²) in [7, 11) is 0. The molecule has 1 amide bonds. The maximum atomic E-state index is 12.2. The second kappa shape index (κ2) is 8.90. The average Bonchev–Trinajstić information content (AvgIpc) is 2.99. The van der Waals surface area contributed by atoms with Gasteiger partial charge in [-0.25, -0.2) is 4.79 Å². The monoisotopic (exact) mass is 413 g/mol. The zero-order chi connectivity index (χ0) is 21.3.